The topological polar surface area (TPSA) is 84.0 Å². The van der Waals surface area contributed by atoms with Gasteiger partial charge >= 0.3 is 256 Å². The number of aromatic nitrogens is 2. The van der Waals surface area contributed by atoms with Gasteiger partial charge in [0, 0.05) is 0 Å². The molecule has 4 aliphatic rings. The van der Waals surface area contributed by atoms with Gasteiger partial charge in [-0.3, -0.25) is 0 Å². The third-order valence-corrected chi connectivity index (χ3v) is 17.9. The van der Waals surface area contributed by atoms with E-state index in [1.165, 1.54) is 0 Å². The number of hydrogen-bond donors (Lipinski definition) is 0. The predicted octanol–water partition coefficient (Wildman–Crippen LogP) is 9.46. The Bertz CT molecular complexity index is 2330. The van der Waals surface area contributed by atoms with Crippen molar-refractivity contribution in [2.75, 3.05) is 0 Å². The molecule has 0 unspecified atom stereocenters. The van der Waals surface area contributed by atoms with Crippen LogP contribution in [0, 0.1) is 0 Å². The quantitative estimate of drug-likeness (QED) is 0.108. The van der Waals surface area contributed by atoms with Crippen molar-refractivity contribution in [1.82, 2.24) is 6.55 Å². The molecule has 4 aliphatic heterocycles. The molecule has 6 heterocycles. The number of aliphatic imine (C=N–C) groups is 4. The molecule has 2 aromatic heterocycles. The van der Waals surface area contributed by atoms with E-state index in [1.54, 1.807) is 0 Å². The zero-order valence-corrected chi connectivity index (χ0v) is 34.4. The van der Waals surface area contributed by atoms with Crippen LogP contribution in [0.4, 0.5) is 11.6 Å². The normalized spacial score (nSPS) is 13.7. The number of halogens is 1. The van der Waals surface area contributed by atoms with Gasteiger partial charge in [0.05, 0.1) is 0 Å². The summed E-state index contributed by atoms with van der Waals surface area (Å²) in [5.41, 5.74) is 5.66. The Hall–Kier alpha value is -4.39. The van der Waals surface area contributed by atoms with Crippen molar-refractivity contribution in [1.29, 1.82) is 0 Å². The molecule has 0 aliphatic carbocycles. The van der Waals surface area contributed by atoms with Crippen molar-refractivity contribution in [3.05, 3.63) is 130 Å². The molecule has 0 fully saturated rings. The molecule has 8 nitrogen and oxygen atoms in total. The Kier molecular flexibility index (Phi) is 10.8. The van der Waals surface area contributed by atoms with E-state index >= 15 is 0 Å². The summed E-state index contributed by atoms with van der Waals surface area (Å²) in [4.78, 5) is 31.3. The second kappa shape index (κ2) is 15.2. The summed E-state index contributed by atoms with van der Waals surface area (Å²) < 4.78 is 4.75. The van der Waals surface area contributed by atoms with Crippen LogP contribution >= 0.6 is 19.7 Å². The summed E-state index contributed by atoms with van der Waals surface area (Å²) in [6, 6.07) is 33.3. The average molecular weight is 829 g/mol. The molecule has 4 aromatic carbocycles. The van der Waals surface area contributed by atoms with Crippen LogP contribution in [-0.2, 0) is 0 Å². The van der Waals surface area contributed by atoms with E-state index in [0.29, 0.717) is 23.3 Å². The average Bonchev–Trinajstić information content (AvgIpc) is 3.91. The Morgan fingerprint density at radius 1 is 0.380 bits per heavy atom. The fourth-order valence-electron chi connectivity index (χ4n) is 6.37. The first-order valence-corrected chi connectivity index (χ1v) is 27.2. The van der Waals surface area contributed by atoms with Crippen molar-refractivity contribution in [2.24, 2.45) is 30.0 Å². The van der Waals surface area contributed by atoms with E-state index in [2.05, 4.69) is 99.0 Å². The first kappa shape index (κ1) is 35.4. The van der Waals surface area contributed by atoms with Crippen LogP contribution in [0.25, 0.3) is 21.5 Å². The van der Waals surface area contributed by atoms with Crippen LogP contribution in [0.1, 0.15) is 77.6 Å². The van der Waals surface area contributed by atoms with Crippen molar-refractivity contribution < 1.29 is 0 Å². The molecule has 0 radical (unpaired) electrons. The zero-order valence-electron chi connectivity index (χ0n) is 29.8. The monoisotopic (exact) mass is 828 g/mol. The van der Waals surface area contributed by atoms with Gasteiger partial charge in [-0.1, -0.05) is 55.4 Å². The number of amidine groups is 4. The Morgan fingerprint density at radius 3 is 1.04 bits per heavy atom. The van der Waals surface area contributed by atoms with Crippen LogP contribution in [0.5, 0.6) is 0 Å². The Labute approximate surface area is 309 Å². The number of nitrogens with zero attached hydrogens (tertiary/aromatic N) is 8. The molecule has 0 saturated carbocycles. The molecule has 0 spiro atoms. The van der Waals surface area contributed by atoms with Gasteiger partial charge in [-0.2, -0.15) is 0 Å². The fourth-order valence-corrected chi connectivity index (χ4v) is 15.7. The molecule has 10 heteroatoms. The Balaban J connectivity index is 0.000000507. The fraction of sp³-hybridized carbons (Fsp3) is 0.200. The van der Waals surface area contributed by atoms with Crippen LogP contribution in [0.15, 0.2) is 127 Å². The van der Waals surface area contributed by atoms with Crippen LogP contribution in [0.2, 0.25) is 0 Å². The van der Waals surface area contributed by atoms with Gasteiger partial charge in [0.15, 0.2) is 0 Å². The van der Waals surface area contributed by atoms with Gasteiger partial charge in [0.2, 0.25) is 0 Å². The van der Waals surface area contributed by atoms with E-state index in [9.17, 15) is 0 Å². The van der Waals surface area contributed by atoms with Gasteiger partial charge < -0.3 is 0 Å². The molecule has 0 amide bonds. The molecule has 250 valence electrons. The summed E-state index contributed by atoms with van der Waals surface area (Å²) in [6.07, 6.45) is 0. The molecule has 6 aromatic rings. The summed E-state index contributed by atoms with van der Waals surface area (Å²) in [7, 11) is 0. The van der Waals surface area contributed by atoms with Crippen LogP contribution in [-0.4, -0.2) is 43.0 Å². The third kappa shape index (κ3) is 5.53. The minimum atomic E-state index is -2.88. The SMILES string of the molecule is CC.CC.CC.CC.[I][Ga]1[n]2c3c4ccccc4c2N=C2N=C(N=c4c5ccccc5c([n]41)=NC1=NC(=N3)c3ccccc31)c1ccccc12. The van der Waals surface area contributed by atoms with Crippen LogP contribution < -0.4 is 11.0 Å². The van der Waals surface area contributed by atoms with Gasteiger partial charge in [0.1, 0.15) is 0 Å². The minimum absolute atomic E-state index is 0.673. The molecule has 6 bridgehead atoms. The van der Waals surface area contributed by atoms with E-state index in [0.717, 1.165) is 66.4 Å². The number of rotatable bonds is 0. The molecular weight excluding hydrogens is 789 g/mol. The second-order valence-electron chi connectivity index (χ2n) is 10.5. The molecular formula is C40H40GaIN8. The number of hydrogen-bond acceptors (Lipinski definition) is 6. The third-order valence-electron chi connectivity index (χ3n) is 8.25. The van der Waals surface area contributed by atoms with Crippen molar-refractivity contribution in [3.63, 3.8) is 0 Å². The summed E-state index contributed by atoms with van der Waals surface area (Å²) in [5, 5.41) is 4.17. The van der Waals surface area contributed by atoms with Gasteiger partial charge in [-0.15, -0.1) is 0 Å². The standard InChI is InChI=1S/C32H16N8.4C2H6.Ga.HI/c1-2-10-18-17(9-1)25-33-26(18)38-28-21-13-5-6-14-22(21)30(35-28)40-32-24-16-8-7-15-23(24)31(36-32)39-29-20-12-4-3-11-19(20)27(34-29)37-25;4*1-2;;/h1-16H;4*1-2H3;;1H/q-2;;;;;+3;/p-1. The molecule has 10 rings (SSSR count). The van der Waals surface area contributed by atoms with Crippen LogP contribution in [0.3, 0.4) is 0 Å². The summed E-state index contributed by atoms with van der Waals surface area (Å²) in [6.45, 7) is 16.0. The van der Waals surface area contributed by atoms with E-state index in [4.69, 9.17) is 30.0 Å². The molecule has 0 saturated heterocycles. The van der Waals surface area contributed by atoms with Gasteiger partial charge in [-0.25, -0.2) is 0 Å². The maximum atomic E-state index is 5.31. The van der Waals surface area contributed by atoms with E-state index < -0.39 is 13.2 Å². The number of benzene rings is 4. The predicted molar refractivity (Wildman–Crippen MR) is 221 cm³/mol. The zero-order chi connectivity index (χ0) is 35.5. The van der Waals surface area contributed by atoms with Crippen molar-refractivity contribution in [3.8, 4) is 0 Å². The molecule has 0 N–H and O–H groups in total. The van der Waals surface area contributed by atoms with E-state index in [-0.39, 0.29) is 0 Å². The Morgan fingerprint density at radius 2 is 0.680 bits per heavy atom. The van der Waals surface area contributed by atoms with Gasteiger partial charge in [0.25, 0.3) is 0 Å². The van der Waals surface area contributed by atoms with Crippen molar-refractivity contribution in [2.45, 2.75) is 55.4 Å². The van der Waals surface area contributed by atoms with Gasteiger partial charge in [-0.05, 0) is 0 Å². The summed E-state index contributed by atoms with van der Waals surface area (Å²) in [5.74, 6) is 4.43. The first-order chi connectivity index (χ1) is 24.7. The number of fused-ring (bicyclic) bond motifs is 14. The maximum absolute atomic E-state index is 5.31. The van der Waals surface area contributed by atoms with E-state index in [1.807, 2.05) is 79.7 Å². The molecule has 0 atom stereocenters. The summed E-state index contributed by atoms with van der Waals surface area (Å²) >= 11 is -0.218. The first-order valence-electron chi connectivity index (χ1n) is 17.6. The van der Waals surface area contributed by atoms with Crippen molar-refractivity contribution >= 4 is 89.3 Å². The second-order valence-corrected chi connectivity index (χ2v) is 19.8. The molecule has 50 heavy (non-hydrogen) atoms.